The van der Waals surface area contributed by atoms with E-state index in [4.69, 9.17) is 14.6 Å². The van der Waals surface area contributed by atoms with Crippen LogP contribution in [0, 0.1) is 3.57 Å². The summed E-state index contributed by atoms with van der Waals surface area (Å²) in [6.07, 6.45) is 1.41. The van der Waals surface area contributed by atoms with Crippen LogP contribution < -0.4 is 5.32 Å². The molecular formula is C21H22INO6S. The molecule has 0 unspecified atom stereocenters. The number of ether oxygens (including phenoxy) is 2. The van der Waals surface area contributed by atoms with Crippen LogP contribution in [0.3, 0.4) is 0 Å². The number of halogens is 1. The van der Waals surface area contributed by atoms with Crippen LogP contribution in [0.2, 0.25) is 0 Å². The topological polar surface area (TPSA) is 105 Å². The highest BCUT2D eigenvalue weighted by Gasteiger charge is 2.29. The van der Waals surface area contributed by atoms with Crippen molar-refractivity contribution in [1.29, 1.82) is 0 Å². The number of rotatable bonds is 9. The third kappa shape index (κ3) is 7.22. The molecule has 160 valence electrons. The van der Waals surface area contributed by atoms with Gasteiger partial charge in [0.05, 0.1) is 0 Å². The molecule has 0 aromatic heterocycles. The summed E-state index contributed by atoms with van der Waals surface area (Å²) in [5.41, 5.74) is 0.848. The highest BCUT2D eigenvalue weighted by atomic mass is 127. The first kappa shape index (κ1) is 24.0. The van der Waals surface area contributed by atoms with Gasteiger partial charge in [-0.2, -0.15) is 0 Å². The molecule has 0 aliphatic carbocycles. The molecule has 30 heavy (non-hydrogen) atoms. The molecule has 0 heterocycles. The van der Waals surface area contributed by atoms with Crippen molar-refractivity contribution in [1.82, 2.24) is 0 Å². The van der Waals surface area contributed by atoms with Crippen molar-refractivity contribution in [2.45, 2.75) is 24.0 Å². The molecule has 0 saturated heterocycles. The largest absolute Gasteiger partial charge is 0.508 e. The van der Waals surface area contributed by atoms with Crippen LogP contribution >= 0.6 is 34.4 Å². The van der Waals surface area contributed by atoms with Crippen molar-refractivity contribution in [3.63, 3.8) is 0 Å². The molecule has 2 atom stereocenters. The quantitative estimate of drug-likeness (QED) is 0.231. The first-order valence-electron chi connectivity index (χ1n) is 8.96. The van der Waals surface area contributed by atoms with Gasteiger partial charge in [-0.05, 0) is 84.3 Å². The summed E-state index contributed by atoms with van der Waals surface area (Å²) in [6.45, 7) is 1.98. The van der Waals surface area contributed by atoms with Gasteiger partial charge in [-0.25, -0.2) is 9.59 Å². The van der Waals surface area contributed by atoms with Crippen LogP contribution in [-0.4, -0.2) is 41.2 Å². The van der Waals surface area contributed by atoms with E-state index in [9.17, 15) is 14.7 Å². The van der Waals surface area contributed by atoms with Gasteiger partial charge in [-0.1, -0.05) is 0 Å². The number of anilines is 1. The summed E-state index contributed by atoms with van der Waals surface area (Å²) < 4.78 is 12.0. The highest BCUT2D eigenvalue weighted by molar-refractivity contribution is 14.1. The van der Waals surface area contributed by atoms with Crippen molar-refractivity contribution < 1.29 is 29.3 Å². The summed E-state index contributed by atoms with van der Waals surface area (Å²) in [5.74, 6) is -1.25. The number of amides is 1. The van der Waals surface area contributed by atoms with Crippen LogP contribution in [0.25, 0.3) is 0 Å². The van der Waals surface area contributed by atoms with Gasteiger partial charge in [-0.15, -0.1) is 11.8 Å². The minimum Gasteiger partial charge on any atom is -0.508 e. The van der Waals surface area contributed by atoms with Gasteiger partial charge in [0, 0.05) is 32.4 Å². The Kier molecular flexibility index (Phi) is 9.47. The number of carboxylic acid groups (broad SMARTS) is 1. The van der Waals surface area contributed by atoms with E-state index in [0.717, 1.165) is 14.5 Å². The lowest BCUT2D eigenvalue weighted by atomic mass is 10.0. The maximum absolute atomic E-state index is 12.6. The van der Waals surface area contributed by atoms with Gasteiger partial charge in [0.2, 0.25) is 0 Å². The average molecular weight is 543 g/mol. The van der Waals surface area contributed by atoms with E-state index in [2.05, 4.69) is 27.9 Å². The van der Waals surface area contributed by atoms with Gasteiger partial charge >= 0.3 is 12.1 Å². The summed E-state index contributed by atoms with van der Waals surface area (Å²) in [4.78, 5) is 24.6. The molecule has 0 fully saturated rings. The second-order valence-electron chi connectivity index (χ2n) is 6.00. The third-order valence-electron chi connectivity index (χ3n) is 3.95. The van der Waals surface area contributed by atoms with Crippen LogP contribution in [0.4, 0.5) is 10.5 Å². The van der Waals surface area contributed by atoms with Gasteiger partial charge in [-0.3, -0.25) is 5.32 Å². The molecule has 2 aromatic carbocycles. The Morgan fingerprint density at radius 3 is 2.53 bits per heavy atom. The molecule has 2 rings (SSSR count). The zero-order valence-corrected chi connectivity index (χ0v) is 19.3. The van der Waals surface area contributed by atoms with Crippen molar-refractivity contribution in [3.05, 3.63) is 63.8 Å². The molecule has 1 amide bonds. The molecule has 0 bridgehead atoms. The molecular weight excluding hydrogens is 521 g/mol. The molecule has 2 aromatic rings. The molecule has 7 nitrogen and oxygen atoms in total. The maximum atomic E-state index is 12.6. The first-order chi connectivity index (χ1) is 14.3. The van der Waals surface area contributed by atoms with E-state index in [1.165, 1.54) is 12.1 Å². The molecule has 0 saturated carbocycles. The smallest absolute Gasteiger partial charge is 0.412 e. The summed E-state index contributed by atoms with van der Waals surface area (Å²) in [5, 5.41) is 22.0. The number of thioether (sulfide) groups is 1. The van der Waals surface area contributed by atoms with Gasteiger partial charge < -0.3 is 19.7 Å². The Morgan fingerprint density at radius 1 is 1.23 bits per heavy atom. The van der Waals surface area contributed by atoms with Gasteiger partial charge in [0.25, 0.3) is 0 Å². The lowest BCUT2D eigenvalue weighted by Gasteiger charge is -2.26. The summed E-state index contributed by atoms with van der Waals surface area (Å²) in [6, 6.07) is 12.1. The summed E-state index contributed by atoms with van der Waals surface area (Å²) in [7, 11) is 0. The number of nitrogens with one attached hydrogen (secondary N) is 1. The Labute approximate surface area is 192 Å². The van der Waals surface area contributed by atoms with E-state index in [1.807, 2.05) is 18.4 Å². The van der Waals surface area contributed by atoms with Crippen molar-refractivity contribution in [2.75, 3.05) is 18.2 Å². The van der Waals surface area contributed by atoms with E-state index in [-0.39, 0.29) is 12.4 Å². The van der Waals surface area contributed by atoms with E-state index >= 15 is 0 Å². The number of hydrogen-bond acceptors (Lipinski definition) is 6. The Morgan fingerprint density at radius 2 is 1.93 bits per heavy atom. The third-order valence-corrected chi connectivity index (χ3v) is 5.37. The lowest BCUT2D eigenvalue weighted by molar-refractivity contribution is -0.131. The predicted octanol–water partition coefficient (Wildman–Crippen LogP) is 5.05. The number of aromatic hydroxyl groups is 1. The Balaban J connectivity index is 2.32. The molecule has 0 aliphatic heterocycles. The number of carbonyl (C=O) groups excluding carboxylic acids is 1. The zero-order chi connectivity index (χ0) is 22.1. The standard InChI is InChI=1S/C21H22INO6S/c1-3-28-18(10-11-19(25)26)20(16-12-13(22)4-9-17(16)24)29-21(27)23-14-5-7-15(30-2)8-6-14/h4-12,18,20,24H,3H2,1-2H3,(H,23,27)(H,25,26)/b11-10+/t18-,20-/m0/s1. The monoisotopic (exact) mass is 543 g/mol. The SMILES string of the molecule is CCO[C@@H](/C=C/C(=O)O)[C@@H](OC(=O)Nc1ccc(SC)cc1)c1cc(I)ccc1O. The molecule has 3 N–H and O–H groups in total. The number of carboxylic acids is 1. The zero-order valence-electron chi connectivity index (χ0n) is 16.4. The molecule has 0 radical (unpaired) electrons. The fourth-order valence-corrected chi connectivity index (χ4v) is 3.53. The van der Waals surface area contributed by atoms with Gasteiger partial charge in [0.15, 0.2) is 6.10 Å². The average Bonchev–Trinajstić information content (AvgIpc) is 2.72. The number of hydrogen-bond donors (Lipinski definition) is 3. The van der Waals surface area contributed by atoms with Crippen LogP contribution in [0.1, 0.15) is 18.6 Å². The fraction of sp³-hybridized carbons (Fsp3) is 0.238. The number of aliphatic carboxylic acids is 1. The van der Waals surface area contributed by atoms with Gasteiger partial charge in [0.1, 0.15) is 11.9 Å². The Bertz CT molecular complexity index is 903. The minimum atomic E-state index is -1.16. The fourth-order valence-electron chi connectivity index (χ4n) is 2.61. The van der Waals surface area contributed by atoms with Crippen molar-refractivity contribution >= 4 is 52.1 Å². The summed E-state index contributed by atoms with van der Waals surface area (Å²) >= 11 is 3.65. The van der Waals surface area contributed by atoms with Crippen LogP contribution in [-0.2, 0) is 14.3 Å². The minimum absolute atomic E-state index is 0.0917. The normalized spacial score (nSPS) is 13.0. The number of carbonyl (C=O) groups is 2. The maximum Gasteiger partial charge on any atom is 0.412 e. The first-order valence-corrected chi connectivity index (χ1v) is 11.3. The second-order valence-corrected chi connectivity index (χ2v) is 8.13. The molecule has 0 aliphatic rings. The van der Waals surface area contributed by atoms with E-state index in [0.29, 0.717) is 11.3 Å². The predicted molar refractivity (Wildman–Crippen MR) is 124 cm³/mol. The molecule has 9 heteroatoms. The van der Waals surface area contributed by atoms with Crippen LogP contribution in [0.5, 0.6) is 5.75 Å². The van der Waals surface area contributed by atoms with E-state index in [1.54, 1.807) is 43.0 Å². The lowest BCUT2D eigenvalue weighted by Crippen LogP contribution is -2.28. The second kappa shape index (κ2) is 11.8. The number of benzene rings is 2. The van der Waals surface area contributed by atoms with E-state index < -0.39 is 24.3 Å². The molecule has 0 spiro atoms. The van der Waals surface area contributed by atoms with Crippen molar-refractivity contribution in [2.24, 2.45) is 0 Å². The Hall–Kier alpha value is -2.24. The number of phenolic OH excluding ortho intramolecular Hbond substituents is 1. The van der Waals surface area contributed by atoms with Crippen molar-refractivity contribution in [3.8, 4) is 5.75 Å². The van der Waals surface area contributed by atoms with Crippen LogP contribution in [0.15, 0.2) is 59.5 Å². The highest BCUT2D eigenvalue weighted by Crippen LogP contribution is 2.33. The number of phenols is 1.